The van der Waals surface area contributed by atoms with Gasteiger partial charge in [0.2, 0.25) is 5.89 Å². The molecule has 0 aliphatic carbocycles. The molecule has 1 aliphatic heterocycles. The molecular formula is C16H19FN2O2S. The van der Waals surface area contributed by atoms with Crippen LogP contribution in [0.25, 0.3) is 11.5 Å². The van der Waals surface area contributed by atoms with E-state index in [-0.39, 0.29) is 5.82 Å². The molecule has 1 aromatic carbocycles. The van der Waals surface area contributed by atoms with Crippen molar-refractivity contribution in [3.8, 4) is 11.5 Å². The first-order valence-corrected chi connectivity index (χ1v) is 8.86. The maximum absolute atomic E-state index is 12.9. The van der Waals surface area contributed by atoms with Crippen LogP contribution >= 0.6 is 0 Å². The van der Waals surface area contributed by atoms with E-state index in [0.717, 1.165) is 30.1 Å². The quantitative estimate of drug-likeness (QED) is 0.872. The molecule has 2 atom stereocenters. The van der Waals surface area contributed by atoms with Crippen LogP contribution in [0.1, 0.15) is 12.6 Å². The van der Waals surface area contributed by atoms with Crippen LogP contribution in [0.4, 0.5) is 4.39 Å². The van der Waals surface area contributed by atoms with Crippen LogP contribution in [0, 0.1) is 11.7 Å². The Morgan fingerprint density at radius 1 is 1.41 bits per heavy atom. The van der Waals surface area contributed by atoms with Gasteiger partial charge in [-0.3, -0.25) is 9.11 Å². The van der Waals surface area contributed by atoms with Crippen molar-refractivity contribution in [3.63, 3.8) is 0 Å². The molecule has 2 aromatic rings. The Kier molecular flexibility index (Phi) is 4.69. The Balaban J connectivity index is 1.68. The van der Waals surface area contributed by atoms with E-state index in [1.165, 1.54) is 12.1 Å². The summed E-state index contributed by atoms with van der Waals surface area (Å²) in [5.41, 5.74) is 1.61. The van der Waals surface area contributed by atoms with Crippen molar-refractivity contribution in [3.05, 3.63) is 42.0 Å². The lowest BCUT2D eigenvalue weighted by Crippen LogP contribution is -2.28. The Bertz CT molecular complexity index is 656. The van der Waals surface area contributed by atoms with Gasteiger partial charge in [0.1, 0.15) is 12.1 Å². The zero-order valence-corrected chi connectivity index (χ0v) is 13.3. The molecule has 2 heterocycles. The molecule has 1 fully saturated rings. The fourth-order valence-corrected chi connectivity index (χ4v) is 4.06. The Labute approximate surface area is 131 Å². The van der Waals surface area contributed by atoms with Crippen molar-refractivity contribution in [1.29, 1.82) is 0 Å². The molecule has 0 radical (unpaired) electrons. The molecule has 2 unspecified atom stereocenters. The average molecular weight is 322 g/mol. The fraction of sp³-hybridized carbons (Fsp3) is 0.438. The molecule has 1 aliphatic rings. The van der Waals surface area contributed by atoms with Gasteiger partial charge < -0.3 is 4.42 Å². The van der Waals surface area contributed by atoms with E-state index in [4.69, 9.17) is 4.42 Å². The first-order chi connectivity index (χ1) is 10.6. The number of halogens is 1. The van der Waals surface area contributed by atoms with E-state index in [9.17, 15) is 8.60 Å². The third kappa shape index (κ3) is 3.81. The monoisotopic (exact) mass is 322 g/mol. The lowest BCUT2D eigenvalue weighted by Gasteiger charge is -2.20. The van der Waals surface area contributed by atoms with Gasteiger partial charge in [0.05, 0.1) is 5.69 Å². The summed E-state index contributed by atoms with van der Waals surface area (Å²) in [7, 11) is -0.714. The number of oxazole rings is 1. The van der Waals surface area contributed by atoms with E-state index in [0.29, 0.717) is 24.1 Å². The van der Waals surface area contributed by atoms with Crippen molar-refractivity contribution < 1.29 is 13.0 Å². The molecule has 0 spiro atoms. The summed E-state index contributed by atoms with van der Waals surface area (Å²) in [6, 6.07) is 6.10. The van der Waals surface area contributed by atoms with Crippen LogP contribution < -0.4 is 0 Å². The Hall–Kier alpha value is -1.53. The second kappa shape index (κ2) is 6.71. The Morgan fingerprint density at radius 3 is 2.95 bits per heavy atom. The second-order valence-electron chi connectivity index (χ2n) is 5.80. The molecule has 0 amide bonds. The van der Waals surface area contributed by atoms with Crippen LogP contribution in [-0.2, 0) is 17.3 Å². The molecule has 1 saturated heterocycles. The predicted molar refractivity (Wildman–Crippen MR) is 84.2 cm³/mol. The first kappa shape index (κ1) is 15.4. The molecule has 6 heteroatoms. The van der Waals surface area contributed by atoms with Gasteiger partial charge in [-0.05, 0) is 30.2 Å². The Morgan fingerprint density at radius 2 is 2.18 bits per heavy atom. The number of hydrogen-bond donors (Lipinski definition) is 0. The van der Waals surface area contributed by atoms with Gasteiger partial charge in [0.15, 0.2) is 0 Å². The highest BCUT2D eigenvalue weighted by Gasteiger charge is 2.20. The number of aromatic nitrogens is 1. The molecule has 0 N–H and O–H groups in total. The topological polar surface area (TPSA) is 46.3 Å². The SMILES string of the molecule is CC1CN(Cc2coc(-c3ccc(F)cc3)n2)CCS(=O)C1. The van der Waals surface area contributed by atoms with Crippen LogP contribution in [0.5, 0.6) is 0 Å². The van der Waals surface area contributed by atoms with E-state index in [1.54, 1.807) is 18.4 Å². The predicted octanol–water partition coefficient (Wildman–Crippen LogP) is 2.68. The van der Waals surface area contributed by atoms with Crippen LogP contribution in [0.15, 0.2) is 34.9 Å². The summed E-state index contributed by atoms with van der Waals surface area (Å²) in [6.07, 6.45) is 1.64. The van der Waals surface area contributed by atoms with Gasteiger partial charge in [0.25, 0.3) is 0 Å². The minimum atomic E-state index is -0.714. The summed E-state index contributed by atoms with van der Waals surface area (Å²) in [6.45, 7) is 4.55. The van der Waals surface area contributed by atoms with Crippen molar-refractivity contribution >= 4 is 10.8 Å². The molecule has 3 rings (SSSR count). The highest BCUT2D eigenvalue weighted by Crippen LogP contribution is 2.20. The van der Waals surface area contributed by atoms with Gasteiger partial charge in [-0.15, -0.1) is 0 Å². The zero-order chi connectivity index (χ0) is 15.5. The minimum Gasteiger partial charge on any atom is -0.444 e. The fourth-order valence-electron chi connectivity index (χ4n) is 2.69. The smallest absolute Gasteiger partial charge is 0.226 e. The van der Waals surface area contributed by atoms with Gasteiger partial charge in [-0.1, -0.05) is 6.92 Å². The van der Waals surface area contributed by atoms with E-state index in [2.05, 4.69) is 16.8 Å². The largest absolute Gasteiger partial charge is 0.444 e. The van der Waals surface area contributed by atoms with Gasteiger partial charge in [0, 0.05) is 47.5 Å². The van der Waals surface area contributed by atoms with Crippen molar-refractivity contribution in [2.24, 2.45) is 5.92 Å². The van der Waals surface area contributed by atoms with Crippen molar-refractivity contribution in [2.45, 2.75) is 13.5 Å². The molecule has 118 valence electrons. The molecule has 4 nitrogen and oxygen atoms in total. The van der Waals surface area contributed by atoms with Crippen molar-refractivity contribution in [1.82, 2.24) is 9.88 Å². The maximum Gasteiger partial charge on any atom is 0.226 e. The summed E-state index contributed by atoms with van der Waals surface area (Å²) in [5, 5.41) is 0. The lowest BCUT2D eigenvalue weighted by molar-refractivity contribution is 0.254. The number of rotatable bonds is 3. The normalized spacial score (nSPS) is 23.4. The van der Waals surface area contributed by atoms with Gasteiger partial charge >= 0.3 is 0 Å². The number of nitrogens with zero attached hydrogens (tertiary/aromatic N) is 2. The van der Waals surface area contributed by atoms with Gasteiger partial charge in [-0.25, -0.2) is 9.37 Å². The summed E-state index contributed by atoms with van der Waals surface area (Å²) in [4.78, 5) is 6.74. The van der Waals surface area contributed by atoms with Crippen molar-refractivity contribution in [2.75, 3.05) is 24.6 Å². The molecule has 1 aromatic heterocycles. The molecule has 0 bridgehead atoms. The van der Waals surface area contributed by atoms with Crippen LogP contribution in [0.2, 0.25) is 0 Å². The van der Waals surface area contributed by atoms with E-state index < -0.39 is 10.8 Å². The standard InChI is InChI=1S/C16H19FN2O2S/c1-12-8-19(6-7-22(20)11-12)9-15-10-21-16(18-15)13-2-4-14(17)5-3-13/h2-5,10,12H,6-9,11H2,1H3. The van der Waals surface area contributed by atoms with E-state index >= 15 is 0 Å². The van der Waals surface area contributed by atoms with Crippen LogP contribution in [-0.4, -0.2) is 38.7 Å². The number of benzene rings is 1. The molecule has 0 saturated carbocycles. The van der Waals surface area contributed by atoms with Crippen LogP contribution in [0.3, 0.4) is 0 Å². The highest BCUT2D eigenvalue weighted by molar-refractivity contribution is 7.85. The lowest BCUT2D eigenvalue weighted by atomic mass is 10.2. The summed E-state index contributed by atoms with van der Waals surface area (Å²) in [5.74, 6) is 2.14. The molecular weight excluding hydrogens is 303 g/mol. The molecule has 22 heavy (non-hydrogen) atoms. The zero-order valence-electron chi connectivity index (χ0n) is 12.5. The van der Waals surface area contributed by atoms with E-state index in [1.807, 2.05) is 0 Å². The second-order valence-corrected chi connectivity index (χ2v) is 7.42. The average Bonchev–Trinajstić information content (AvgIpc) is 2.87. The highest BCUT2D eigenvalue weighted by atomic mass is 32.2. The summed E-state index contributed by atoms with van der Waals surface area (Å²) < 4.78 is 30.2. The third-order valence-corrected chi connectivity index (χ3v) is 5.28. The van der Waals surface area contributed by atoms with Gasteiger partial charge in [-0.2, -0.15) is 0 Å². The third-order valence-electron chi connectivity index (χ3n) is 3.70. The minimum absolute atomic E-state index is 0.276. The summed E-state index contributed by atoms with van der Waals surface area (Å²) >= 11 is 0. The first-order valence-electron chi connectivity index (χ1n) is 7.38. The number of hydrogen-bond acceptors (Lipinski definition) is 4. The maximum atomic E-state index is 12.9.